The molecule has 1 fully saturated rings. The summed E-state index contributed by atoms with van der Waals surface area (Å²) in [5.74, 6) is 1.41. The minimum atomic E-state index is 0.371. The minimum absolute atomic E-state index is 0.371. The zero-order chi connectivity index (χ0) is 8.32. The van der Waals surface area contributed by atoms with Gasteiger partial charge in [-0.2, -0.15) is 0 Å². The summed E-state index contributed by atoms with van der Waals surface area (Å²) in [6.45, 7) is 6.08. The van der Waals surface area contributed by atoms with E-state index in [1.807, 2.05) is 0 Å². The summed E-state index contributed by atoms with van der Waals surface area (Å²) in [4.78, 5) is 0. The van der Waals surface area contributed by atoms with E-state index in [9.17, 15) is 0 Å². The Labute approximate surface area is 74.1 Å². The summed E-state index contributed by atoms with van der Waals surface area (Å²) in [6, 6.07) is 0. The van der Waals surface area contributed by atoms with E-state index in [4.69, 9.17) is 16.3 Å². The summed E-state index contributed by atoms with van der Waals surface area (Å²) in [6.07, 6.45) is 2.52. The third-order valence-corrected chi connectivity index (χ3v) is 2.67. The third-order valence-electron chi connectivity index (χ3n) is 2.10. The molecule has 0 amide bonds. The van der Waals surface area contributed by atoms with Crippen molar-refractivity contribution in [2.45, 2.75) is 26.7 Å². The fourth-order valence-corrected chi connectivity index (χ4v) is 1.35. The molecule has 2 heteroatoms. The van der Waals surface area contributed by atoms with Gasteiger partial charge < -0.3 is 4.74 Å². The summed E-state index contributed by atoms with van der Waals surface area (Å²) in [5, 5.41) is 0. The van der Waals surface area contributed by atoms with Gasteiger partial charge in [-0.15, -0.1) is 11.6 Å². The summed E-state index contributed by atoms with van der Waals surface area (Å²) in [7, 11) is 0. The zero-order valence-electron chi connectivity index (χ0n) is 7.40. The van der Waals surface area contributed by atoms with Crippen LogP contribution in [-0.4, -0.2) is 19.1 Å². The molecule has 0 saturated heterocycles. The first-order valence-electron chi connectivity index (χ1n) is 4.32. The molecule has 66 valence electrons. The van der Waals surface area contributed by atoms with Crippen LogP contribution in [0.1, 0.15) is 26.7 Å². The van der Waals surface area contributed by atoms with Gasteiger partial charge in [0.05, 0.1) is 6.61 Å². The van der Waals surface area contributed by atoms with Crippen LogP contribution < -0.4 is 0 Å². The van der Waals surface area contributed by atoms with Crippen molar-refractivity contribution in [3.05, 3.63) is 0 Å². The van der Waals surface area contributed by atoms with Crippen LogP contribution in [0.25, 0.3) is 0 Å². The monoisotopic (exact) mass is 176 g/mol. The topological polar surface area (TPSA) is 9.23 Å². The first kappa shape index (κ1) is 9.34. The third kappa shape index (κ3) is 3.00. The molecule has 0 aromatic carbocycles. The lowest BCUT2D eigenvalue weighted by atomic mass is 10.1. The molecule has 1 aliphatic carbocycles. The lowest BCUT2D eigenvalue weighted by Crippen LogP contribution is -2.14. The average Bonchev–Trinajstić information content (AvgIpc) is 2.69. The quantitative estimate of drug-likeness (QED) is 0.586. The van der Waals surface area contributed by atoms with Gasteiger partial charge in [0.15, 0.2) is 0 Å². The molecular weight excluding hydrogens is 160 g/mol. The minimum Gasteiger partial charge on any atom is -0.381 e. The highest BCUT2D eigenvalue weighted by atomic mass is 35.5. The van der Waals surface area contributed by atoms with Crippen LogP contribution >= 0.6 is 11.6 Å². The van der Waals surface area contributed by atoms with Gasteiger partial charge in [0.25, 0.3) is 0 Å². The van der Waals surface area contributed by atoms with Crippen molar-refractivity contribution in [1.29, 1.82) is 0 Å². The van der Waals surface area contributed by atoms with E-state index >= 15 is 0 Å². The van der Waals surface area contributed by atoms with Crippen LogP contribution in [0.2, 0.25) is 0 Å². The largest absolute Gasteiger partial charge is 0.381 e. The second kappa shape index (κ2) is 3.77. The van der Waals surface area contributed by atoms with Crippen LogP contribution in [-0.2, 0) is 4.74 Å². The van der Waals surface area contributed by atoms with E-state index < -0.39 is 0 Å². The molecule has 0 spiro atoms. The van der Waals surface area contributed by atoms with Crippen molar-refractivity contribution in [1.82, 2.24) is 0 Å². The Hall–Kier alpha value is 0.250. The molecule has 1 saturated carbocycles. The highest BCUT2D eigenvalue weighted by molar-refractivity contribution is 6.18. The van der Waals surface area contributed by atoms with Gasteiger partial charge in [-0.25, -0.2) is 0 Å². The smallest absolute Gasteiger partial charge is 0.0533 e. The Morgan fingerprint density at radius 3 is 2.45 bits per heavy atom. The van der Waals surface area contributed by atoms with Crippen LogP contribution in [0.5, 0.6) is 0 Å². The van der Waals surface area contributed by atoms with Gasteiger partial charge in [-0.1, -0.05) is 13.8 Å². The lowest BCUT2D eigenvalue weighted by molar-refractivity contribution is 0.0778. The highest BCUT2D eigenvalue weighted by Crippen LogP contribution is 2.46. The van der Waals surface area contributed by atoms with E-state index in [0.29, 0.717) is 11.3 Å². The summed E-state index contributed by atoms with van der Waals surface area (Å²) < 4.78 is 5.53. The first-order valence-corrected chi connectivity index (χ1v) is 4.86. The number of hydrogen-bond donors (Lipinski definition) is 0. The predicted molar refractivity (Wildman–Crippen MR) is 48.0 cm³/mol. The van der Waals surface area contributed by atoms with Crippen molar-refractivity contribution < 1.29 is 4.74 Å². The van der Waals surface area contributed by atoms with Crippen molar-refractivity contribution in [3.8, 4) is 0 Å². The molecule has 0 atom stereocenters. The molecule has 0 heterocycles. The van der Waals surface area contributed by atoms with E-state index in [1.165, 1.54) is 12.8 Å². The average molecular weight is 177 g/mol. The van der Waals surface area contributed by atoms with Gasteiger partial charge in [0.2, 0.25) is 0 Å². The molecule has 0 bridgehead atoms. The molecule has 1 aliphatic rings. The molecule has 0 radical (unpaired) electrons. The van der Waals surface area contributed by atoms with Gasteiger partial charge >= 0.3 is 0 Å². The second-order valence-corrected chi connectivity index (χ2v) is 4.31. The van der Waals surface area contributed by atoms with E-state index in [0.717, 1.165) is 19.1 Å². The molecule has 1 rings (SSSR count). The Balaban J connectivity index is 2.03. The van der Waals surface area contributed by atoms with Gasteiger partial charge in [0, 0.05) is 17.9 Å². The molecule has 0 unspecified atom stereocenters. The fraction of sp³-hybridized carbons (Fsp3) is 1.00. The summed E-state index contributed by atoms with van der Waals surface area (Å²) >= 11 is 5.79. The maximum Gasteiger partial charge on any atom is 0.0533 e. The maximum atomic E-state index is 5.79. The van der Waals surface area contributed by atoms with Crippen molar-refractivity contribution in [2.75, 3.05) is 19.1 Å². The molecule has 11 heavy (non-hydrogen) atoms. The molecule has 0 aromatic heterocycles. The number of ether oxygens (including phenoxy) is 1. The summed E-state index contributed by atoms with van der Waals surface area (Å²) in [5.41, 5.74) is 0.371. The van der Waals surface area contributed by atoms with Crippen molar-refractivity contribution in [2.24, 2.45) is 11.3 Å². The normalized spacial score (nSPS) is 20.7. The number of halogens is 1. The van der Waals surface area contributed by atoms with E-state index in [2.05, 4.69) is 13.8 Å². The standard InChI is InChI=1S/C9H17ClO/c1-8(2)5-11-7-9(6-10)3-4-9/h8H,3-7H2,1-2H3. The van der Waals surface area contributed by atoms with E-state index in [-0.39, 0.29) is 0 Å². The molecule has 0 aromatic rings. The predicted octanol–water partition coefficient (Wildman–Crippen LogP) is 2.68. The first-order chi connectivity index (χ1) is 5.18. The van der Waals surface area contributed by atoms with Gasteiger partial charge in [-0.05, 0) is 18.8 Å². The van der Waals surface area contributed by atoms with Crippen molar-refractivity contribution in [3.63, 3.8) is 0 Å². The van der Waals surface area contributed by atoms with Crippen molar-refractivity contribution >= 4 is 11.6 Å². The number of hydrogen-bond acceptors (Lipinski definition) is 1. The molecular formula is C9H17ClO. The maximum absolute atomic E-state index is 5.79. The Morgan fingerprint density at radius 1 is 1.45 bits per heavy atom. The molecule has 0 aliphatic heterocycles. The van der Waals surface area contributed by atoms with Crippen LogP contribution in [0.4, 0.5) is 0 Å². The van der Waals surface area contributed by atoms with Gasteiger partial charge in [-0.3, -0.25) is 0 Å². The molecule has 0 N–H and O–H groups in total. The molecule has 1 nitrogen and oxygen atoms in total. The number of alkyl halides is 1. The fourth-order valence-electron chi connectivity index (χ4n) is 1.00. The Bertz CT molecular complexity index is 119. The Morgan fingerprint density at radius 2 is 2.09 bits per heavy atom. The lowest BCUT2D eigenvalue weighted by Gasteiger charge is -2.12. The van der Waals surface area contributed by atoms with Crippen LogP contribution in [0, 0.1) is 11.3 Å². The van der Waals surface area contributed by atoms with E-state index in [1.54, 1.807) is 0 Å². The zero-order valence-corrected chi connectivity index (χ0v) is 8.16. The Kier molecular flexibility index (Phi) is 3.20. The highest BCUT2D eigenvalue weighted by Gasteiger charge is 2.41. The SMILES string of the molecule is CC(C)COCC1(CCl)CC1. The van der Waals surface area contributed by atoms with Gasteiger partial charge in [0.1, 0.15) is 0 Å². The second-order valence-electron chi connectivity index (χ2n) is 4.04. The van der Waals surface area contributed by atoms with Crippen LogP contribution in [0.3, 0.4) is 0 Å². The van der Waals surface area contributed by atoms with Crippen LogP contribution in [0.15, 0.2) is 0 Å². The number of rotatable bonds is 5.